The third kappa shape index (κ3) is 3.40. The van der Waals surface area contributed by atoms with Gasteiger partial charge in [0.1, 0.15) is 0 Å². The van der Waals surface area contributed by atoms with E-state index in [1.54, 1.807) is 43.3 Å². The number of benzene rings is 2. The Balaban J connectivity index is 1.49. The second-order valence-electron chi connectivity index (χ2n) is 5.58. The van der Waals surface area contributed by atoms with Crippen molar-refractivity contribution in [3.05, 3.63) is 53.1 Å². The molecule has 0 aliphatic carbocycles. The molecule has 0 spiro atoms. The van der Waals surface area contributed by atoms with Crippen molar-refractivity contribution in [3.63, 3.8) is 0 Å². The fourth-order valence-electron chi connectivity index (χ4n) is 2.48. The number of Topliss-reactive ketones (excluding diaryl/α,β-unsaturated/α-hetero) is 1. The maximum atomic E-state index is 12.5. The molecule has 8 heteroatoms. The van der Waals surface area contributed by atoms with Crippen molar-refractivity contribution in [2.45, 2.75) is 17.4 Å². The van der Waals surface area contributed by atoms with Crippen LogP contribution < -0.4 is 9.47 Å². The lowest BCUT2D eigenvalue weighted by Crippen LogP contribution is -2.13. The van der Waals surface area contributed by atoms with Crippen molar-refractivity contribution in [3.8, 4) is 23.0 Å². The predicted molar refractivity (Wildman–Crippen MR) is 97.0 cm³/mol. The van der Waals surface area contributed by atoms with Gasteiger partial charge in [0.2, 0.25) is 12.7 Å². The number of ether oxygens (including phenoxy) is 2. The van der Waals surface area contributed by atoms with Gasteiger partial charge in [0.25, 0.3) is 5.22 Å². The van der Waals surface area contributed by atoms with Gasteiger partial charge in [-0.05, 0) is 37.3 Å². The van der Waals surface area contributed by atoms with Crippen LogP contribution >= 0.6 is 23.4 Å². The molecule has 0 amide bonds. The van der Waals surface area contributed by atoms with Crippen molar-refractivity contribution < 1.29 is 18.7 Å². The number of fused-ring (bicyclic) bond motifs is 1. The summed E-state index contributed by atoms with van der Waals surface area (Å²) in [7, 11) is 0. The highest BCUT2D eigenvalue weighted by molar-refractivity contribution is 8.00. The van der Waals surface area contributed by atoms with Crippen LogP contribution in [0.4, 0.5) is 0 Å². The third-order valence-corrected chi connectivity index (χ3v) is 4.95. The minimum Gasteiger partial charge on any atom is -0.454 e. The Kier molecular flexibility index (Phi) is 4.57. The van der Waals surface area contributed by atoms with Crippen LogP contribution in [0.5, 0.6) is 11.5 Å². The summed E-state index contributed by atoms with van der Waals surface area (Å²) in [5.74, 6) is 1.62. The molecular weight excluding hydrogens is 376 g/mol. The first kappa shape index (κ1) is 16.9. The van der Waals surface area contributed by atoms with Crippen molar-refractivity contribution in [2.24, 2.45) is 0 Å². The molecule has 2 heterocycles. The quantitative estimate of drug-likeness (QED) is 0.471. The molecule has 0 saturated heterocycles. The molecule has 1 aromatic heterocycles. The Morgan fingerprint density at radius 3 is 2.85 bits per heavy atom. The number of hydrogen-bond donors (Lipinski definition) is 0. The van der Waals surface area contributed by atoms with Crippen molar-refractivity contribution in [1.29, 1.82) is 0 Å². The molecule has 132 valence electrons. The van der Waals surface area contributed by atoms with Crippen LogP contribution in [0.2, 0.25) is 5.02 Å². The molecule has 0 bridgehead atoms. The molecule has 0 N–H and O–H groups in total. The van der Waals surface area contributed by atoms with Gasteiger partial charge in [-0.2, -0.15) is 0 Å². The Morgan fingerprint density at radius 1 is 1.15 bits per heavy atom. The van der Waals surface area contributed by atoms with E-state index in [-0.39, 0.29) is 12.6 Å². The maximum Gasteiger partial charge on any atom is 0.277 e. The largest absolute Gasteiger partial charge is 0.454 e. The number of ketones is 1. The summed E-state index contributed by atoms with van der Waals surface area (Å²) in [6, 6.07) is 12.2. The molecule has 2 aromatic carbocycles. The van der Waals surface area contributed by atoms with Crippen molar-refractivity contribution in [1.82, 2.24) is 10.2 Å². The first-order chi connectivity index (χ1) is 12.6. The van der Waals surface area contributed by atoms with Crippen LogP contribution in [-0.2, 0) is 0 Å². The molecule has 0 fully saturated rings. The lowest BCUT2D eigenvalue weighted by Gasteiger charge is -2.07. The van der Waals surface area contributed by atoms with Gasteiger partial charge >= 0.3 is 0 Å². The van der Waals surface area contributed by atoms with Gasteiger partial charge in [-0.25, -0.2) is 0 Å². The monoisotopic (exact) mass is 388 g/mol. The van der Waals surface area contributed by atoms with Crippen LogP contribution in [-0.4, -0.2) is 28.0 Å². The lowest BCUT2D eigenvalue weighted by molar-refractivity contribution is 0.0993. The smallest absolute Gasteiger partial charge is 0.277 e. The van der Waals surface area contributed by atoms with E-state index in [9.17, 15) is 4.79 Å². The molecule has 0 unspecified atom stereocenters. The average Bonchev–Trinajstić information content (AvgIpc) is 3.29. The molecular formula is C18H13ClN2O4S. The van der Waals surface area contributed by atoms with Crippen LogP contribution in [0.1, 0.15) is 17.3 Å². The topological polar surface area (TPSA) is 74.5 Å². The molecule has 6 nitrogen and oxygen atoms in total. The number of rotatable bonds is 5. The Bertz CT molecular complexity index is 975. The van der Waals surface area contributed by atoms with E-state index in [0.717, 1.165) is 5.56 Å². The van der Waals surface area contributed by atoms with Gasteiger partial charge in [0, 0.05) is 16.1 Å². The summed E-state index contributed by atoms with van der Waals surface area (Å²) < 4.78 is 16.3. The summed E-state index contributed by atoms with van der Waals surface area (Å²) in [6.07, 6.45) is 0. The van der Waals surface area contributed by atoms with E-state index in [2.05, 4.69) is 10.2 Å². The standard InChI is InChI=1S/C18H13ClN2O4S/c1-10(16(22)11-3-2-4-13(19)7-11)26-18-21-20-17(25-18)12-5-6-14-15(8-12)24-9-23-14/h2-8,10H,9H2,1H3/t10-/m1/s1. The second kappa shape index (κ2) is 7.01. The van der Waals surface area contributed by atoms with Gasteiger partial charge in [0.15, 0.2) is 17.3 Å². The summed E-state index contributed by atoms with van der Waals surface area (Å²) in [6.45, 7) is 1.99. The molecule has 3 aromatic rings. The second-order valence-corrected chi connectivity index (χ2v) is 7.30. The van der Waals surface area contributed by atoms with E-state index < -0.39 is 5.25 Å². The fraction of sp³-hybridized carbons (Fsp3) is 0.167. The molecule has 4 rings (SSSR count). The van der Waals surface area contributed by atoms with E-state index in [0.29, 0.717) is 33.2 Å². The number of carbonyl (C=O) groups is 1. The lowest BCUT2D eigenvalue weighted by atomic mass is 10.1. The zero-order chi connectivity index (χ0) is 18.1. The number of nitrogens with zero attached hydrogens (tertiary/aromatic N) is 2. The molecule has 0 saturated carbocycles. The van der Waals surface area contributed by atoms with Gasteiger partial charge in [-0.1, -0.05) is 35.5 Å². The summed E-state index contributed by atoms with van der Waals surface area (Å²) in [4.78, 5) is 12.5. The number of thioether (sulfide) groups is 1. The average molecular weight is 389 g/mol. The Hall–Kier alpha value is -2.51. The normalized spacial score (nSPS) is 13.6. The van der Waals surface area contributed by atoms with Gasteiger partial charge < -0.3 is 13.9 Å². The summed E-state index contributed by atoms with van der Waals surface area (Å²) in [5.41, 5.74) is 1.27. The van der Waals surface area contributed by atoms with Crippen molar-refractivity contribution in [2.75, 3.05) is 6.79 Å². The molecule has 1 atom stereocenters. The highest BCUT2D eigenvalue weighted by atomic mass is 35.5. The maximum absolute atomic E-state index is 12.5. The first-order valence-electron chi connectivity index (χ1n) is 7.80. The van der Waals surface area contributed by atoms with Crippen LogP contribution in [0.15, 0.2) is 52.1 Å². The first-order valence-corrected chi connectivity index (χ1v) is 9.06. The van der Waals surface area contributed by atoms with Gasteiger partial charge in [-0.15, -0.1) is 10.2 Å². The summed E-state index contributed by atoms with van der Waals surface area (Å²) in [5, 5.41) is 8.51. The van der Waals surface area contributed by atoms with E-state index in [1.165, 1.54) is 11.8 Å². The number of aromatic nitrogens is 2. The highest BCUT2D eigenvalue weighted by Crippen LogP contribution is 2.36. The Morgan fingerprint density at radius 2 is 2.00 bits per heavy atom. The molecule has 1 aliphatic rings. The number of hydrogen-bond acceptors (Lipinski definition) is 7. The van der Waals surface area contributed by atoms with Crippen LogP contribution in [0.25, 0.3) is 11.5 Å². The fourth-order valence-corrected chi connectivity index (χ4v) is 3.44. The number of halogens is 1. The SMILES string of the molecule is C[C@@H](Sc1nnc(-c2ccc3c(c2)OCO3)o1)C(=O)c1cccc(Cl)c1. The minimum absolute atomic E-state index is 0.0553. The molecule has 0 radical (unpaired) electrons. The highest BCUT2D eigenvalue weighted by Gasteiger charge is 2.21. The predicted octanol–water partition coefficient (Wildman–Crippen LogP) is 4.48. The minimum atomic E-state index is -0.390. The van der Waals surface area contributed by atoms with Gasteiger partial charge in [0.05, 0.1) is 5.25 Å². The van der Waals surface area contributed by atoms with Crippen molar-refractivity contribution >= 4 is 29.1 Å². The zero-order valence-electron chi connectivity index (χ0n) is 13.6. The zero-order valence-corrected chi connectivity index (χ0v) is 15.2. The number of carbonyl (C=O) groups excluding carboxylic acids is 1. The molecule has 1 aliphatic heterocycles. The Labute approximate surface area is 158 Å². The molecule has 26 heavy (non-hydrogen) atoms. The van der Waals surface area contributed by atoms with Crippen LogP contribution in [0.3, 0.4) is 0 Å². The van der Waals surface area contributed by atoms with E-state index in [4.69, 9.17) is 25.5 Å². The van der Waals surface area contributed by atoms with E-state index >= 15 is 0 Å². The van der Waals surface area contributed by atoms with Gasteiger partial charge in [-0.3, -0.25) is 4.79 Å². The summed E-state index contributed by atoms with van der Waals surface area (Å²) >= 11 is 7.15. The van der Waals surface area contributed by atoms with Crippen LogP contribution in [0, 0.1) is 0 Å². The van der Waals surface area contributed by atoms with E-state index in [1.807, 2.05) is 6.07 Å². The third-order valence-electron chi connectivity index (χ3n) is 3.78.